The van der Waals surface area contributed by atoms with Gasteiger partial charge in [0.25, 0.3) is 0 Å². The standard InChI is InChI=1S/C15H26N2O3/c1-15(2,3)13(16)10-14(18)17-7-5-8-19-11-12-6-4-9-20-12/h4,6,9,13H,5,7-8,10-11,16H2,1-3H3,(H,17,18). The molecule has 0 spiro atoms. The minimum Gasteiger partial charge on any atom is -0.467 e. The molecule has 0 radical (unpaired) electrons. The first-order valence-electron chi connectivity index (χ1n) is 7.02. The van der Waals surface area contributed by atoms with Crippen molar-refractivity contribution < 1.29 is 13.9 Å². The summed E-state index contributed by atoms with van der Waals surface area (Å²) in [5.74, 6) is 0.809. The summed E-state index contributed by atoms with van der Waals surface area (Å²) in [6, 6.07) is 3.57. The lowest BCUT2D eigenvalue weighted by atomic mass is 9.85. The first-order valence-corrected chi connectivity index (χ1v) is 7.02. The van der Waals surface area contributed by atoms with E-state index in [1.165, 1.54) is 0 Å². The number of nitrogens with two attached hydrogens (primary N) is 1. The maximum atomic E-state index is 11.7. The predicted octanol–water partition coefficient (Wildman–Crippen LogP) is 2.07. The van der Waals surface area contributed by atoms with Crippen molar-refractivity contribution in [2.75, 3.05) is 13.2 Å². The highest BCUT2D eigenvalue weighted by Crippen LogP contribution is 2.19. The third-order valence-electron chi connectivity index (χ3n) is 3.13. The molecule has 0 fully saturated rings. The fourth-order valence-electron chi connectivity index (χ4n) is 1.55. The van der Waals surface area contributed by atoms with Gasteiger partial charge in [-0.3, -0.25) is 4.79 Å². The lowest BCUT2D eigenvalue weighted by Crippen LogP contribution is -2.40. The number of hydrogen-bond donors (Lipinski definition) is 2. The van der Waals surface area contributed by atoms with Crippen LogP contribution in [0.2, 0.25) is 0 Å². The molecule has 1 rings (SSSR count). The molecular formula is C15H26N2O3. The first kappa shape index (κ1) is 16.7. The minimum absolute atomic E-state index is 0.00143. The number of hydrogen-bond acceptors (Lipinski definition) is 4. The zero-order chi connectivity index (χ0) is 15.0. The second-order valence-electron chi connectivity index (χ2n) is 6.01. The molecule has 3 N–H and O–H groups in total. The number of nitrogens with one attached hydrogen (secondary N) is 1. The van der Waals surface area contributed by atoms with E-state index in [1.54, 1.807) is 6.26 Å². The summed E-state index contributed by atoms with van der Waals surface area (Å²) in [6.45, 7) is 7.77. The highest BCUT2D eigenvalue weighted by Gasteiger charge is 2.22. The van der Waals surface area contributed by atoms with Crippen molar-refractivity contribution in [3.63, 3.8) is 0 Å². The molecule has 114 valence electrons. The van der Waals surface area contributed by atoms with E-state index >= 15 is 0 Å². The summed E-state index contributed by atoms with van der Waals surface area (Å²) in [6.07, 6.45) is 2.76. The van der Waals surface area contributed by atoms with Crippen LogP contribution in [-0.2, 0) is 16.1 Å². The van der Waals surface area contributed by atoms with E-state index < -0.39 is 0 Å². The van der Waals surface area contributed by atoms with Crippen LogP contribution >= 0.6 is 0 Å². The van der Waals surface area contributed by atoms with Crippen LogP contribution in [0.5, 0.6) is 0 Å². The molecule has 0 aliphatic heterocycles. The summed E-state index contributed by atoms with van der Waals surface area (Å²) in [5, 5.41) is 2.86. The van der Waals surface area contributed by atoms with Crippen LogP contribution in [0.4, 0.5) is 0 Å². The first-order chi connectivity index (χ1) is 9.39. The van der Waals surface area contributed by atoms with Crippen molar-refractivity contribution in [2.24, 2.45) is 11.1 Å². The van der Waals surface area contributed by atoms with Gasteiger partial charge in [0.2, 0.25) is 5.91 Å². The number of carbonyl (C=O) groups excluding carboxylic acids is 1. The fourth-order valence-corrected chi connectivity index (χ4v) is 1.55. The normalized spacial score (nSPS) is 13.2. The number of rotatable bonds is 8. The van der Waals surface area contributed by atoms with Gasteiger partial charge in [0.15, 0.2) is 0 Å². The molecule has 0 bridgehead atoms. The van der Waals surface area contributed by atoms with Crippen LogP contribution in [0.25, 0.3) is 0 Å². The Balaban J connectivity index is 2.02. The molecule has 1 aromatic heterocycles. The van der Waals surface area contributed by atoms with E-state index in [0.29, 0.717) is 26.2 Å². The van der Waals surface area contributed by atoms with Gasteiger partial charge in [-0.1, -0.05) is 20.8 Å². The van der Waals surface area contributed by atoms with Crippen LogP contribution in [-0.4, -0.2) is 25.1 Å². The molecule has 0 saturated heterocycles. The average Bonchev–Trinajstić information content (AvgIpc) is 2.85. The number of carbonyl (C=O) groups is 1. The highest BCUT2D eigenvalue weighted by atomic mass is 16.5. The Hall–Kier alpha value is -1.33. The Morgan fingerprint density at radius 1 is 1.50 bits per heavy atom. The zero-order valence-corrected chi connectivity index (χ0v) is 12.6. The van der Waals surface area contributed by atoms with E-state index in [2.05, 4.69) is 5.32 Å². The molecular weight excluding hydrogens is 256 g/mol. The molecule has 1 amide bonds. The van der Waals surface area contributed by atoms with Gasteiger partial charge in [0.05, 0.1) is 6.26 Å². The molecule has 5 heteroatoms. The lowest BCUT2D eigenvalue weighted by Gasteiger charge is -2.26. The third-order valence-corrected chi connectivity index (χ3v) is 3.13. The van der Waals surface area contributed by atoms with Crippen molar-refractivity contribution in [1.29, 1.82) is 0 Å². The molecule has 0 aromatic carbocycles. The molecule has 1 unspecified atom stereocenters. The monoisotopic (exact) mass is 282 g/mol. The highest BCUT2D eigenvalue weighted by molar-refractivity contribution is 5.76. The summed E-state index contributed by atoms with van der Waals surface area (Å²) >= 11 is 0. The van der Waals surface area contributed by atoms with Crippen molar-refractivity contribution in [1.82, 2.24) is 5.32 Å². The van der Waals surface area contributed by atoms with Gasteiger partial charge >= 0.3 is 0 Å². The predicted molar refractivity (Wildman–Crippen MR) is 78.0 cm³/mol. The molecule has 1 atom stereocenters. The summed E-state index contributed by atoms with van der Waals surface area (Å²) < 4.78 is 10.6. The maximum Gasteiger partial charge on any atom is 0.221 e. The Bertz CT molecular complexity index is 382. The molecule has 0 saturated carbocycles. The van der Waals surface area contributed by atoms with Crippen LogP contribution in [0.3, 0.4) is 0 Å². The fraction of sp³-hybridized carbons (Fsp3) is 0.667. The molecule has 5 nitrogen and oxygen atoms in total. The van der Waals surface area contributed by atoms with Gasteiger partial charge in [0.1, 0.15) is 12.4 Å². The second-order valence-corrected chi connectivity index (χ2v) is 6.01. The van der Waals surface area contributed by atoms with Crippen molar-refractivity contribution in [3.05, 3.63) is 24.2 Å². The summed E-state index contributed by atoms with van der Waals surface area (Å²) in [5.41, 5.74) is 5.91. The smallest absolute Gasteiger partial charge is 0.221 e. The Morgan fingerprint density at radius 2 is 2.25 bits per heavy atom. The summed E-state index contributed by atoms with van der Waals surface area (Å²) in [4.78, 5) is 11.7. The van der Waals surface area contributed by atoms with Crippen molar-refractivity contribution >= 4 is 5.91 Å². The Morgan fingerprint density at radius 3 is 2.85 bits per heavy atom. The minimum atomic E-state index is -0.127. The largest absolute Gasteiger partial charge is 0.467 e. The number of amides is 1. The third kappa shape index (κ3) is 6.73. The molecule has 1 heterocycles. The lowest BCUT2D eigenvalue weighted by molar-refractivity contribution is -0.122. The Kier molecular flexibility index (Phi) is 6.75. The SMILES string of the molecule is CC(C)(C)C(N)CC(=O)NCCCOCc1ccco1. The van der Waals surface area contributed by atoms with Gasteiger partial charge in [-0.05, 0) is 24.0 Å². The molecule has 0 aliphatic rings. The molecule has 20 heavy (non-hydrogen) atoms. The molecule has 1 aromatic rings. The van der Waals surface area contributed by atoms with E-state index in [-0.39, 0.29) is 17.4 Å². The van der Waals surface area contributed by atoms with E-state index in [1.807, 2.05) is 32.9 Å². The van der Waals surface area contributed by atoms with E-state index in [0.717, 1.165) is 12.2 Å². The van der Waals surface area contributed by atoms with Gasteiger partial charge in [-0.15, -0.1) is 0 Å². The van der Waals surface area contributed by atoms with Gasteiger partial charge < -0.3 is 20.2 Å². The van der Waals surface area contributed by atoms with Gasteiger partial charge in [-0.25, -0.2) is 0 Å². The average molecular weight is 282 g/mol. The van der Waals surface area contributed by atoms with Crippen LogP contribution in [0.1, 0.15) is 39.4 Å². The van der Waals surface area contributed by atoms with Crippen molar-refractivity contribution in [2.45, 2.75) is 46.3 Å². The van der Waals surface area contributed by atoms with Gasteiger partial charge in [-0.2, -0.15) is 0 Å². The van der Waals surface area contributed by atoms with E-state index in [4.69, 9.17) is 14.9 Å². The van der Waals surface area contributed by atoms with Gasteiger partial charge in [0, 0.05) is 25.6 Å². The zero-order valence-electron chi connectivity index (χ0n) is 12.6. The summed E-state index contributed by atoms with van der Waals surface area (Å²) in [7, 11) is 0. The number of ether oxygens (including phenoxy) is 1. The number of furan rings is 1. The van der Waals surface area contributed by atoms with Crippen LogP contribution in [0, 0.1) is 5.41 Å². The Labute approximate surface area is 120 Å². The maximum absolute atomic E-state index is 11.7. The van der Waals surface area contributed by atoms with E-state index in [9.17, 15) is 4.79 Å². The van der Waals surface area contributed by atoms with Crippen molar-refractivity contribution in [3.8, 4) is 0 Å². The second kappa shape index (κ2) is 8.07. The van der Waals surface area contributed by atoms with Crippen LogP contribution in [0.15, 0.2) is 22.8 Å². The topological polar surface area (TPSA) is 77.5 Å². The molecule has 0 aliphatic carbocycles. The van der Waals surface area contributed by atoms with Crippen LogP contribution < -0.4 is 11.1 Å². The quantitative estimate of drug-likeness (QED) is 0.715.